The van der Waals surface area contributed by atoms with E-state index < -0.39 is 5.60 Å². The average Bonchev–Trinajstić information content (AvgIpc) is 1.64. The molecule has 0 aromatic carbocycles. The van der Waals surface area contributed by atoms with Crippen molar-refractivity contribution in [3.05, 3.63) is 0 Å². The largest absolute Gasteiger partial charge is 0.387 e. The Balaban J connectivity index is 3.59. The van der Waals surface area contributed by atoms with Crippen molar-refractivity contribution in [2.24, 2.45) is 0 Å². The Morgan fingerprint density at radius 1 is 1.78 bits per heavy atom. The summed E-state index contributed by atoms with van der Waals surface area (Å²) in [5, 5.41) is 17.3. The maximum Gasteiger partial charge on any atom is 0.0981 e. The third-order valence-corrected chi connectivity index (χ3v) is 0.915. The Morgan fingerprint density at radius 2 is 2.33 bits per heavy atom. The molecule has 0 heterocycles. The number of rotatable bonds is 3. The number of nitriles is 1. The molecule has 0 fully saturated rings. The van der Waals surface area contributed by atoms with Gasteiger partial charge in [-0.05, 0) is 6.92 Å². The zero-order chi connectivity index (χ0) is 7.33. The van der Waals surface area contributed by atoms with Crippen LogP contribution in [-0.2, 0) is 4.74 Å². The van der Waals surface area contributed by atoms with Gasteiger partial charge in [-0.3, -0.25) is 0 Å². The highest BCUT2D eigenvalue weighted by Crippen LogP contribution is 2.06. The minimum absolute atomic E-state index is 0.112. The topological polar surface area (TPSA) is 53.2 Å². The second kappa shape index (κ2) is 3.44. The normalized spacial score (nSPS) is 16.2. The molecule has 0 aliphatic carbocycles. The van der Waals surface area contributed by atoms with Gasteiger partial charge in [-0.2, -0.15) is 5.26 Å². The van der Waals surface area contributed by atoms with Gasteiger partial charge < -0.3 is 9.84 Å². The molecule has 1 atom stereocenters. The summed E-state index contributed by atoms with van der Waals surface area (Å²) in [6.45, 7) is 1.78. The maximum atomic E-state index is 9.17. The molecule has 0 amide bonds. The second-order valence-corrected chi connectivity index (χ2v) is 2.26. The number of hydrogen-bond donors (Lipinski definition) is 1. The van der Waals surface area contributed by atoms with Gasteiger partial charge in [-0.1, -0.05) is 0 Å². The molecule has 0 aromatic heterocycles. The lowest BCUT2D eigenvalue weighted by Crippen LogP contribution is -2.29. The van der Waals surface area contributed by atoms with Crippen LogP contribution in [0.5, 0.6) is 0 Å². The van der Waals surface area contributed by atoms with Crippen LogP contribution in [-0.4, -0.2) is 24.4 Å². The van der Waals surface area contributed by atoms with Gasteiger partial charge in [0.15, 0.2) is 0 Å². The highest BCUT2D eigenvalue weighted by molar-refractivity contribution is 4.84. The standard InChI is InChI=1S/C6H11NO2/c1-6(8,3-4-7)5-9-2/h8H,3,5H2,1-2H3. The van der Waals surface area contributed by atoms with Crippen molar-refractivity contribution in [2.75, 3.05) is 13.7 Å². The number of aliphatic hydroxyl groups is 1. The van der Waals surface area contributed by atoms with Crippen molar-refractivity contribution in [3.8, 4) is 6.07 Å². The number of ether oxygens (including phenoxy) is 1. The van der Waals surface area contributed by atoms with Gasteiger partial charge in [0.1, 0.15) is 0 Å². The van der Waals surface area contributed by atoms with E-state index in [0.29, 0.717) is 0 Å². The molecule has 3 heteroatoms. The lowest BCUT2D eigenvalue weighted by Gasteiger charge is -2.17. The van der Waals surface area contributed by atoms with Gasteiger partial charge in [-0.25, -0.2) is 0 Å². The Bertz CT molecular complexity index is 115. The van der Waals surface area contributed by atoms with Crippen molar-refractivity contribution in [1.82, 2.24) is 0 Å². The summed E-state index contributed by atoms with van der Waals surface area (Å²) in [4.78, 5) is 0. The second-order valence-electron chi connectivity index (χ2n) is 2.26. The molecule has 9 heavy (non-hydrogen) atoms. The fourth-order valence-electron chi connectivity index (χ4n) is 0.532. The summed E-state index contributed by atoms with van der Waals surface area (Å²) in [5.74, 6) is 0. The zero-order valence-corrected chi connectivity index (χ0v) is 5.72. The highest BCUT2D eigenvalue weighted by Gasteiger charge is 2.18. The third kappa shape index (κ3) is 3.95. The average molecular weight is 129 g/mol. The maximum absolute atomic E-state index is 9.17. The summed E-state index contributed by atoms with van der Waals surface area (Å²) in [6.07, 6.45) is 0.112. The van der Waals surface area contributed by atoms with Crippen LogP contribution < -0.4 is 0 Å². The van der Waals surface area contributed by atoms with Crippen molar-refractivity contribution in [3.63, 3.8) is 0 Å². The molecule has 3 nitrogen and oxygen atoms in total. The van der Waals surface area contributed by atoms with Gasteiger partial charge in [0.2, 0.25) is 0 Å². The van der Waals surface area contributed by atoms with Crippen LogP contribution in [0.2, 0.25) is 0 Å². The molecule has 0 bridgehead atoms. The Labute approximate surface area is 54.9 Å². The number of nitrogens with zero attached hydrogens (tertiary/aromatic N) is 1. The fraction of sp³-hybridized carbons (Fsp3) is 0.833. The molecule has 52 valence electrons. The van der Waals surface area contributed by atoms with E-state index in [9.17, 15) is 0 Å². The summed E-state index contributed by atoms with van der Waals surface area (Å²) in [5.41, 5.74) is -0.983. The summed E-state index contributed by atoms with van der Waals surface area (Å²) >= 11 is 0. The Morgan fingerprint density at radius 3 is 2.67 bits per heavy atom. The molecule has 0 saturated heterocycles. The first-order valence-corrected chi connectivity index (χ1v) is 2.70. The van der Waals surface area contributed by atoms with Crippen LogP contribution in [0.15, 0.2) is 0 Å². The van der Waals surface area contributed by atoms with Gasteiger partial charge in [0, 0.05) is 7.11 Å². The van der Waals surface area contributed by atoms with E-state index >= 15 is 0 Å². The van der Waals surface area contributed by atoms with E-state index in [1.807, 2.05) is 6.07 Å². The minimum atomic E-state index is -0.983. The van der Waals surface area contributed by atoms with Crippen molar-refractivity contribution in [1.29, 1.82) is 5.26 Å². The predicted octanol–water partition coefficient (Wildman–Crippen LogP) is 0.297. The fourth-order valence-corrected chi connectivity index (χ4v) is 0.532. The monoisotopic (exact) mass is 129 g/mol. The quantitative estimate of drug-likeness (QED) is 0.596. The first-order chi connectivity index (χ1) is 4.12. The lowest BCUT2D eigenvalue weighted by molar-refractivity contribution is -0.0129. The van der Waals surface area contributed by atoms with E-state index in [-0.39, 0.29) is 13.0 Å². The first-order valence-electron chi connectivity index (χ1n) is 2.70. The van der Waals surface area contributed by atoms with Crippen molar-refractivity contribution < 1.29 is 9.84 Å². The van der Waals surface area contributed by atoms with E-state index in [1.165, 1.54) is 7.11 Å². The molecule has 0 spiro atoms. The van der Waals surface area contributed by atoms with Crippen molar-refractivity contribution >= 4 is 0 Å². The molecule has 0 radical (unpaired) electrons. The first kappa shape index (κ1) is 8.41. The van der Waals surface area contributed by atoms with E-state index in [0.717, 1.165) is 0 Å². The molecular weight excluding hydrogens is 118 g/mol. The molecule has 1 unspecified atom stereocenters. The number of methoxy groups -OCH3 is 1. The van der Waals surface area contributed by atoms with E-state index in [4.69, 9.17) is 10.4 Å². The predicted molar refractivity (Wildman–Crippen MR) is 32.7 cm³/mol. The van der Waals surface area contributed by atoms with Crippen LogP contribution >= 0.6 is 0 Å². The van der Waals surface area contributed by atoms with Crippen LogP contribution in [0, 0.1) is 11.3 Å². The molecule has 0 rings (SSSR count). The smallest absolute Gasteiger partial charge is 0.0981 e. The summed E-state index contributed by atoms with van der Waals surface area (Å²) < 4.78 is 4.66. The molecule has 0 aromatic rings. The van der Waals surface area contributed by atoms with Gasteiger partial charge in [0.25, 0.3) is 0 Å². The van der Waals surface area contributed by atoms with Crippen LogP contribution in [0.25, 0.3) is 0 Å². The van der Waals surface area contributed by atoms with E-state index in [2.05, 4.69) is 4.74 Å². The summed E-state index contributed by atoms with van der Waals surface area (Å²) in [6, 6.07) is 1.86. The third-order valence-electron chi connectivity index (χ3n) is 0.915. The molecular formula is C6H11NO2. The van der Waals surface area contributed by atoms with Crippen molar-refractivity contribution in [2.45, 2.75) is 18.9 Å². The minimum Gasteiger partial charge on any atom is -0.387 e. The number of hydrogen-bond acceptors (Lipinski definition) is 3. The molecule has 0 aliphatic heterocycles. The molecule has 0 saturated carbocycles. The van der Waals surface area contributed by atoms with Gasteiger partial charge >= 0.3 is 0 Å². The highest BCUT2D eigenvalue weighted by atomic mass is 16.5. The van der Waals surface area contributed by atoms with Gasteiger partial charge in [0.05, 0.1) is 24.7 Å². The van der Waals surface area contributed by atoms with Crippen LogP contribution in [0.4, 0.5) is 0 Å². The molecule has 0 aliphatic rings. The SMILES string of the molecule is COCC(C)(O)CC#N. The Kier molecular flexibility index (Phi) is 3.21. The zero-order valence-electron chi connectivity index (χ0n) is 5.72. The van der Waals surface area contributed by atoms with Crippen LogP contribution in [0.1, 0.15) is 13.3 Å². The summed E-state index contributed by atoms with van der Waals surface area (Å²) in [7, 11) is 1.49. The molecule has 1 N–H and O–H groups in total. The van der Waals surface area contributed by atoms with E-state index in [1.54, 1.807) is 6.92 Å². The van der Waals surface area contributed by atoms with Gasteiger partial charge in [-0.15, -0.1) is 0 Å². The Hall–Kier alpha value is -0.590. The lowest BCUT2D eigenvalue weighted by atomic mass is 10.1. The van der Waals surface area contributed by atoms with Crippen LogP contribution in [0.3, 0.4) is 0 Å².